The van der Waals surface area contributed by atoms with E-state index in [9.17, 15) is 9.59 Å². The van der Waals surface area contributed by atoms with Crippen LogP contribution in [0.25, 0.3) is 0 Å². The van der Waals surface area contributed by atoms with Crippen molar-refractivity contribution in [1.82, 2.24) is 15.5 Å². The quantitative estimate of drug-likeness (QED) is 0.790. The Labute approximate surface area is 160 Å². The largest absolute Gasteiger partial charge is 0.352 e. The highest BCUT2D eigenvalue weighted by Gasteiger charge is 2.20. The molecule has 2 aromatic carbocycles. The third-order valence-electron chi connectivity index (χ3n) is 4.86. The minimum Gasteiger partial charge on any atom is -0.352 e. The number of nitrogens with one attached hydrogen (secondary N) is 2. The lowest BCUT2D eigenvalue weighted by Crippen LogP contribution is -2.47. The Morgan fingerprint density at radius 1 is 0.852 bits per heavy atom. The minimum absolute atomic E-state index is 0.0376. The molecular weight excluding hydrogens is 338 g/mol. The first kappa shape index (κ1) is 19.1. The van der Waals surface area contributed by atoms with Gasteiger partial charge in [0.25, 0.3) is 0 Å². The van der Waals surface area contributed by atoms with Crippen molar-refractivity contribution in [1.29, 1.82) is 0 Å². The van der Waals surface area contributed by atoms with E-state index < -0.39 is 0 Å². The molecule has 0 bridgehead atoms. The van der Waals surface area contributed by atoms with Crippen LogP contribution in [0.15, 0.2) is 60.7 Å². The summed E-state index contributed by atoms with van der Waals surface area (Å²) in [6.45, 7) is 2.94. The first-order valence-corrected chi connectivity index (χ1v) is 9.55. The smallest absolute Gasteiger partial charge is 0.239 e. The summed E-state index contributed by atoms with van der Waals surface area (Å²) in [7, 11) is 0. The SMILES string of the molecule is O=C(Cc1ccccc1)NCC(=O)NC1CCN(Cc2ccccc2)CC1. The lowest BCUT2D eigenvalue weighted by atomic mass is 10.0. The van der Waals surface area contributed by atoms with Gasteiger partial charge in [0.2, 0.25) is 11.8 Å². The molecule has 2 amide bonds. The molecule has 0 aromatic heterocycles. The maximum atomic E-state index is 12.1. The highest BCUT2D eigenvalue weighted by Crippen LogP contribution is 2.13. The highest BCUT2D eigenvalue weighted by atomic mass is 16.2. The second kappa shape index (κ2) is 9.88. The molecule has 0 aliphatic carbocycles. The molecule has 0 saturated carbocycles. The Kier molecular flexibility index (Phi) is 6.99. The Balaban J connectivity index is 1.33. The summed E-state index contributed by atoms with van der Waals surface area (Å²) in [5.41, 5.74) is 2.27. The molecule has 0 unspecified atom stereocenters. The van der Waals surface area contributed by atoms with Crippen LogP contribution in [0.4, 0.5) is 0 Å². The summed E-state index contributed by atoms with van der Waals surface area (Å²) in [6, 6.07) is 20.2. The van der Waals surface area contributed by atoms with Crippen molar-refractivity contribution in [3.8, 4) is 0 Å². The number of benzene rings is 2. The van der Waals surface area contributed by atoms with Gasteiger partial charge in [-0.2, -0.15) is 0 Å². The molecule has 0 spiro atoms. The van der Waals surface area contributed by atoms with Gasteiger partial charge in [-0.05, 0) is 24.0 Å². The molecule has 1 fully saturated rings. The van der Waals surface area contributed by atoms with E-state index in [-0.39, 0.29) is 24.4 Å². The molecule has 0 atom stereocenters. The van der Waals surface area contributed by atoms with Crippen LogP contribution in [0.3, 0.4) is 0 Å². The van der Waals surface area contributed by atoms with Crippen molar-refractivity contribution in [2.24, 2.45) is 0 Å². The van der Waals surface area contributed by atoms with Gasteiger partial charge in [-0.15, -0.1) is 0 Å². The summed E-state index contributed by atoms with van der Waals surface area (Å²) in [5.74, 6) is -0.244. The zero-order chi connectivity index (χ0) is 18.9. The Bertz CT molecular complexity index is 726. The van der Waals surface area contributed by atoms with Crippen LogP contribution >= 0.6 is 0 Å². The number of piperidine rings is 1. The van der Waals surface area contributed by atoms with E-state index in [2.05, 4.69) is 39.8 Å². The molecular formula is C22H27N3O2. The molecule has 5 nitrogen and oxygen atoms in total. The molecule has 3 rings (SSSR count). The van der Waals surface area contributed by atoms with Crippen molar-refractivity contribution in [2.75, 3.05) is 19.6 Å². The van der Waals surface area contributed by atoms with Crippen LogP contribution in [0, 0.1) is 0 Å². The van der Waals surface area contributed by atoms with Crippen molar-refractivity contribution < 1.29 is 9.59 Å². The Hall–Kier alpha value is -2.66. The van der Waals surface area contributed by atoms with Crippen LogP contribution in [-0.2, 0) is 22.6 Å². The lowest BCUT2D eigenvalue weighted by molar-refractivity contribution is -0.126. The number of nitrogens with zero attached hydrogens (tertiary/aromatic N) is 1. The molecule has 1 saturated heterocycles. The molecule has 1 aliphatic rings. The average molecular weight is 365 g/mol. The predicted molar refractivity (Wildman–Crippen MR) is 106 cm³/mol. The number of carbonyl (C=O) groups is 2. The Morgan fingerprint density at radius 2 is 1.44 bits per heavy atom. The van der Waals surface area contributed by atoms with Crippen molar-refractivity contribution in [3.05, 3.63) is 71.8 Å². The van der Waals surface area contributed by atoms with Crippen LogP contribution in [0.5, 0.6) is 0 Å². The van der Waals surface area contributed by atoms with Gasteiger partial charge < -0.3 is 10.6 Å². The van der Waals surface area contributed by atoms with Gasteiger partial charge in [0, 0.05) is 25.7 Å². The fourth-order valence-corrected chi connectivity index (χ4v) is 3.38. The summed E-state index contributed by atoms with van der Waals surface area (Å²) >= 11 is 0. The molecule has 1 heterocycles. The predicted octanol–water partition coefficient (Wildman–Crippen LogP) is 2.13. The maximum Gasteiger partial charge on any atom is 0.239 e. The van der Waals surface area contributed by atoms with E-state index in [1.165, 1.54) is 5.56 Å². The van der Waals surface area contributed by atoms with E-state index in [0.717, 1.165) is 38.0 Å². The van der Waals surface area contributed by atoms with Gasteiger partial charge in [-0.3, -0.25) is 14.5 Å². The topological polar surface area (TPSA) is 61.4 Å². The summed E-state index contributed by atoms with van der Waals surface area (Å²) < 4.78 is 0. The first-order chi connectivity index (χ1) is 13.2. The Morgan fingerprint density at radius 3 is 2.07 bits per heavy atom. The number of likely N-dealkylation sites (tertiary alicyclic amines) is 1. The fraction of sp³-hybridized carbons (Fsp3) is 0.364. The van der Waals surface area contributed by atoms with E-state index in [4.69, 9.17) is 0 Å². The molecule has 0 radical (unpaired) electrons. The van der Waals surface area contributed by atoms with Crippen LogP contribution in [0.1, 0.15) is 24.0 Å². The van der Waals surface area contributed by atoms with Gasteiger partial charge in [-0.1, -0.05) is 60.7 Å². The van der Waals surface area contributed by atoms with Crippen molar-refractivity contribution in [3.63, 3.8) is 0 Å². The summed E-state index contributed by atoms with van der Waals surface area (Å²) in [5, 5.41) is 5.74. The molecule has 2 aromatic rings. The number of amides is 2. The zero-order valence-corrected chi connectivity index (χ0v) is 15.6. The van der Waals surface area contributed by atoms with Gasteiger partial charge in [0.05, 0.1) is 13.0 Å². The van der Waals surface area contributed by atoms with Gasteiger partial charge in [0.15, 0.2) is 0 Å². The first-order valence-electron chi connectivity index (χ1n) is 9.55. The summed E-state index contributed by atoms with van der Waals surface area (Å²) in [4.78, 5) is 26.4. The second-order valence-corrected chi connectivity index (χ2v) is 7.04. The number of hydrogen-bond donors (Lipinski definition) is 2. The third kappa shape index (κ3) is 6.53. The lowest BCUT2D eigenvalue weighted by Gasteiger charge is -2.32. The summed E-state index contributed by atoms with van der Waals surface area (Å²) in [6.07, 6.45) is 2.18. The highest BCUT2D eigenvalue weighted by molar-refractivity contribution is 5.85. The van der Waals surface area contributed by atoms with Crippen LogP contribution in [-0.4, -0.2) is 42.4 Å². The molecule has 142 valence electrons. The van der Waals surface area contributed by atoms with Crippen molar-refractivity contribution in [2.45, 2.75) is 31.8 Å². The van der Waals surface area contributed by atoms with Crippen LogP contribution < -0.4 is 10.6 Å². The van der Waals surface area contributed by atoms with Gasteiger partial charge >= 0.3 is 0 Å². The molecule has 5 heteroatoms. The van der Waals surface area contributed by atoms with Crippen molar-refractivity contribution >= 4 is 11.8 Å². The minimum atomic E-state index is -0.131. The zero-order valence-electron chi connectivity index (χ0n) is 15.6. The monoisotopic (exact) mass is 365 g/mol. The maximum absolute atomic E-state index is 12.1. The number of carbonyl (C=O) groups excluding carboxylic acids is 2. The van der Waals surface area contributed by atoms with E-state index in [1.54, 1.807) is 0 Å². The standard InChI is InChI=1S/C22H27N3O2/c26-21(15-18-7-3-1-4-8-18)23-16-22(27)24-20-11-13-25(14-12-20)17-19-9-5-2-6-10-19/h1-10,20H,11-17H2,(H,23,26)(H,24,27). The van der Waals surface area contributed by atoms with Crippen LogP contribution in [0.2, 0.25) is 0 Å². The third-order valence-corrected chi connectivity index (χ3v) is 4.86. The van der Waals surface area contributed by atoms with E-state index in [0.29, 0.717) is 6.42 Å². The molecule has 1 aliphatic heterocycles. The normalized spacial score (nSPS) is 15.3. The second-order valence-electron chi connectivity index (χ2n) is 7.04. The number of rotatable bonds is 7. The fourth-order valence-electron chi connectivity index (χ4n) is 3.38. The van der Waals surface area contributed by atoms with E-state index >= 15 is 0 Å². The van der Waals surface area contributed by atoms with Gasteiger partial charge in [0.1, 0.15) is 0 Å². The number of hydrogen-bond acceptors (Lipinski definition) is 3. The van der Waals surface area contributed by atoms with E-state index in [1.807, 2.05) is 36.4 Å². The average Bonchev–Trinajstić information content (AvgIpc) is 2.70. The molecule has 27 heavy (non-hydrogen) atoms. The molecule has 2 N–H and O–H groups in total. The van der Waals surface area contributed by atoms with Gasteiger partial charge in [-0.25, -0.2) is 0 Å².